The van der Waals surface area contributed by atoms with Crippen molar-refractivity contribution in [1.82, 2.24) is 10.3 Å². The Labute approximate surface area is 107 Å². The lowest BCUT2D eigenvalue weighted by atomic mass is 10.1. The van der Waals surface area contributed by atoms with Crippen LogP contribution in [0.1, 0.15) is 18.9 Å². The maximum absolute atomic E-state index is 5.72. The van der Waals surface area contributed by atoms with Gasteiger partial charge in [-0.1, -0.05) is 18.2 Å². The van der Waals surface area contributed by atoms with Gasteiger partial charge in [-0.3, -0.25) is 4.98 Å². The highest BCUT2D eigenvalue weighted by Gasteiger charge is 2.03. The summed E-state index contributed by atoms with van der Waals surface area (Å²) in [4.78, 5) is 4.36. The van der Waals surface area contributed by atoms with Crippen molar-refractivity contribution in [3.05, 3.63) is 42.1 Å². The van der Waals surface area contributed by atoms with Crippen LogP contribution in [0.25, 0.3) is 10.9 Å². The van der Waals surface area contributed by atoms with Crippen molar-refractivity contribution < 1.29 is 0 Å². The second-order valence-corrected chi connectivity index (χ2v) is 4.62. The lowest BCUT2D eigenvalue weighted by molar-refractivity contribution is 0.537. The lowest BCUT2D eigenvalue weighted by Crippen LogP contribution is -2.25. The first-order valence-corrected chi connectivity index (χ1v) is 6.46. The smallest absolute Gasteiger partial charge is 0.0705 e. The zero-order valence-electron chi connectivity index (χ0n) is 9.99. The highest BCUT2D eigenvalue weighted by atomic mass is 35.5. The van der Waals surface area contributed by atoms with Gasteiger partial charge in [0.25, 0.3) is 0 Å². The molecule has 0 fully saturated rings. The summed E-state index contributed by atoms with van der Waals surface area (Å²) in [7, 11) is 0. The SMILES string of the molecule is CC(CCCl)NCc1ccnc2ccccc12. The first-order chi connectivity index (χ1) is 8.31. The van der Waals surface area contributed by atoms with E-state index in [2.05, 4.69) is 35.4 Å². The first-order valence-electron chi connectivity index (χ1n) is 5.93. The van der Waals surface area contributed by atoms with Crippen molar-refractivity contribution in [1.29, 1.82) is 0 Å². The van der Waals surface area contributed by atoms with Crippen LogP contribution >= 0.6 is 11.6 Å². The molecule has 1 heterocycles. The molecule has 0 aliphatic rings. The van der Waals surface area contributed by atoms with Gasteiger partial charge < -0.3 is 5.32 Å². The first kappa shape index (κ1) is 12.3. The minimum Gasteiger partial charge on any atom is -0.310 e. The van der Waals surface area contributed by atoms with Crippen molar-refractivity contribution in [3.8, 4) is 0 Å². The van der Waals surface area contributed by atoms with E-state index in [1.165, 1.54) is 10.9 Å². The van der Waals surface area contributed by atoms with E-state index in [0.29, 0.717) is 11.9 Å². The molecule has 0 amide bonds. The van der Waals surface area contributed by atoms with Crippen molar-refractivity contribution in [2.75, 3.05) is 5.88 Å². The molecule has 1 atom stereocenters. The van der Waals surface area contributed by atoms with E-state index >= 15 is 0 Å². The average Bonchev–Trinajstić information content (AvgIpc) is 2.36. The summed E-state index contributed by atoms with van der Waals surface area (Å²) >= 11 is 5.72. The molecule has 0 saturated carbocycles. The maximum atomic E-state index is 5.72. The number of benzene rings is 1. The summed E-state index contributed by atoms with van der Waals surface area (Å²) in [6.07, 6.45) is 2.86. The average molecular weight is 249 g/mol. The van der Waals surface area contributed by atoms with Gasteiger partial charge in [0.1, 0.15) is 0 Å². The summed E-state index contributed by atoms with van der Waals surface area (Å²) in [5.74, 6) is 0.700. The van der Waals surface area contributed by atoms with Crippen LogP contribution in [0.5, 0.6) is 0 Å². The lowest BCUT2D eigenvalue weighted by Gasteiger charge is -2.13. The van der Waals surface area contributed by atoms with Crippen LogP contribution in [-0.2, 0) is 6.54 Å². The quantitative estimate of drug-likeness (QED) is 0.821. The Hall–Kier alpha value is -1.12. The summed E-state index contributed by atoms with van der Waals surface area (Å²) in [5.41, 5.74) is 2.34. The fourth-order valence-corrected chi connectivity index (χ4v) is 2.19. The molecule has 0 bridgehead atoms. The summed E-state index contributed by atoms with van der Waals surface area (Å²) < 4.78 is 0. The number of nitrogens with zero attached hydrogens (tertiary/aromatic N) is 1. The van der Waals surface area contributed by atoms with Crippen LogP contribution < -0.4 is 5.32 Å². The molecule has 0 aliphatic heterocycles. The minimum absolute atomic E-state index is 0.444. The van der Waals surface area contributed by atoms with E-state index in [-0.39, 0.29) is 0 Å². The van der Waals surface area contributed by atoms with Crippen LogP contribution in [0.15, 0.2) is 36.5 Å². The number of rotatable bonds is 5. The van der Waals surface area contributed by atoms with Crippen LogP contribution in [-0.4, -0.2) is 16.9 Å². The molecule has 1 N–H and O–H groups in total. The summed E-state index contributed by atoms with van der Waals surface area (Å²) in [5, 5.41) is 4.70. The largest absolute Gasteiger partial charge is 0.310 e. The fraction of sp³-hybridized carbons (Fsp3) is 0.357. The predicted molar refractivity (Wildman–Crippen MR) is 73.4 cm³/mol. The summed E-state index contributed by atoms with van der Waals surface area (Å²) in [6.45, 7) is 3.02. The van der Waals surface area contributed by atoms with Gasteiger partial charge >= 0.3 is 0 Å². The number of hydrogen-bond acceptors (Lipinski definition) is 2. The van der Waals surface area contributed by atoms with E-state index in [9.17, 15) is 0 Å². The zero-order chi connectivity index (χ0) is 12.1. The van der Waals surface area contributed by atoms with Crippen molar-refractivity contribution in [3.63, 3.8) is 0 Å². The molecule has 90 valence electrons. The second-order valence-electron chi connectivity index (χ2n) is 4.25. The third kappa shape index (κ3) is 3.18. The fourth-order valence-electron chi connectivity index (χ4n) is 1.86. The Bertz CT molecular complexity index is 479. The second kappa shape index (κ2) is 5.99. The highest BCUT2D eigenvalue weighted by molar-refractivity contribution is 6.17. The standard InChI is InChI=1S/C14H17ClN2/c1-11(6-8-15)17-10-12-7-9-16-14-5-3-2-4-13(12)14/h2-5,7,9,11,17H,6,8,10H2,1H3. The Morgan fingerprint density at radius 2 is 2.12 bits per heavy atom. The normalized spacial score (nSPS) is 12.8. The number of alkyl halides is 1. The highest BCUT2D eigenvalue weighted by Crippen LogP contribution is 2.16. The Balaban J connectivity index is 2.13. The van der Waals surface area contributed by atoms with Gasteiger partial charge in [-0.15, -0.1) is 11.6 Å². The maximum Gasteiger partial charge on any atom is 0.0705 e. The number of para-hydroxylation sites is 1. The number of nitrogens with one attached hydrogen (secondary N) is 1. The molecule has 2 rings (SSSR count). The molecule has 0 radical (unpaired) electrons. The molecule has 1 aromatic heterocycles. The molecular weight excluding hydrogens is 232 g/mol. The molecule has 2 aromatic rings. The number of aromatic nitrogens is 1. The van der Waals surface area contributed by atoms with Crippen LogP contribution in [0.2, 0.25) is 0 Å². The van der Waals surface area contributed by atoms with Gasteiger partial charge in [-0.25, -0.2) is 0 Å². The molecule has 1 aromatic carbocycles. The third-order valence-electron chi connectivity index (χ3n) is 2.92. The molecule has 0 spiro atoms. The minimum atomic E-state index is 0.444. The van der Waals surface area contributed by atoms with E-state index in [0.717, 1.165) is 18.5 Å². The topological polar surface area (TPSA) is 24.9 Å². The van der Waals surface area contributed by atoms with Crippen LogP contribution in [0.4, 0.5) is 0 Å². The van der Waals surface area contributed by atoms with Crippen LogP contribution in [0, 0.1) is 0 Å². The molecule has 0 saturated heterocycles. The van der Waals surface area contributed by atoms with Gasteiger partial charge in [-0.2, -0.15) is 0 Å². The Kier molecular flexibility index (Phi) is 4.35. The van der Waals surface area contributed by atoms with Crippen LogP contribution in [0.3, 0.4) is 0 Å². The predicted octanol–water partition coefficient (Wildman–Crippen LogP) is 3.34. The summed E-state index contributed by atoms with van der Waals surface area (Å²) in [6, 6.07) is 10.7. The number of pyridine rings is 1. The van der Waals surface area contributed by atoms with E-state index in [1.54, 1.807) is 0 Å². The van der Waals surface area contributed by atoms with Crippen molar-refractivity contribution in [2.24, 2.45) is 0 Å². The molecule has 2 nitrogen and oxygen atoms in total. The van der Waals surface area contributed by atoms with Gasteiger partial charge in [-0.05, 0) is 31.0 Å². The van der Waals surface area contributed by atoms with E-state index < -0.39 is 0 Å². The third-order valence-corrected chi connectivity index (χ3v) is 3.14. The molecule has 3 heteroatoms. The number of halogens is 1. The van der Waals surface area contributed by atoms with Gasteiger partial charge in [0.15, 0.2) is 0 Å². The zero-order valence-corrected chi connectivity index (χ0v) is 10.7. The number of hydrogen-bond donors (Lipinski definition) is 1. The number of fused-ring (bicyclic) bond motifs is 1. The van der Waals surface area contributed by atoms with Crippen molar-refractivity contribution >= 4 is 22.5 Å². The Morgan fingerprint density at radius 3 is 2.94 bits per heavy atom. The Morgan fingerprint density at radius 1 is 1.29 bits per heavy atom. The monoisotopic (exact) mass is 248 g/mol. The van der Waals surface area contributed by atoms with Crippen molar-refractivity contribution in [2.45, 2.75) is 25.9 Å². The molecular formula is C14H17ClN2. The van der Waals surface area contributed by atoms with E-state index in [4.69, 9.17) is 11.6 Å². The van der Waals surface area contributed by atoms with E-state index in [1.807, 2.05) is 18.3 Å². The van der Waals surface area contributed by atoms with Gasteiger partial charge in [0.2, 0.25) is 0 Å². The molecule has 1 unspecified atom stereocenters. The van der Waals surface area contributed by atoms with Gasteiger partial charge in [0.05, 0.1) is 5.52 Å². The van der Waals surface area contributed by atoms with Gasteiger partial charge in [0, 0.05) is 30.0 Å². The molecule has 17 heavy (non-hydrogen) atoms. The molecule has 0 aliphatic carbocycles.